The number of nitrogens with zero attached hydrogens (tertiary/aromatic N) is 3. The molecule has 3 aromatic heterocycles. The number of aromatic amines is 1. The summed E-state index contributed by atoms with van der Waals surface area (Å²) in [5.74, 6) is 0.772. The monoisotopic (exact) mass is 526 g/mol. The standard InChI is InChI=1S/C31H38N6O2/c1-6-22(5)37-18-20(3)29-25(30(38)34-17-26-19(2)13-21(4)35-31(26)39)14-24(15-27(29)37)23-7-8-28(33-16-23)36-11-9-32-10-12-36/h7-8,13-16,18,22,32H,6,9-12,17H2,1-5H3,(H,34,38)(H,35,39)/t22-/m1/s1. The van der Waals surface area contributed by atoms with Crippen molar-refractivity contribution in [1.82, 2.24) is 25.2 Å². The Labute approximate surface area is 229 Å². The first-order valence-electron chi connectivity index (χ1n) is 13.8. The summed E-state index contributed by atoms with van der Waals surface area (Å²) in [6, 6.07) is 10.5. The second-order valence-corrected chi connectivity index (χ2v) is 10.7. The molecular weight excluding hydrogens is 488 g/mol. The Bertz CT molecular complexity index is 1560. The molecule has 0 bridgehead atoms. The molecule has 0 radical (unpaired) electrons. The molecule has 0 unspecified atom stereocenters. The van der Waals surface area contributed by atoms with Gasteiger partial charge >= 0.3 is 0 Å². The highest BCUT2D eigenvalue weighted by Gasteiger charge is 2.20. The van der Waals surface area contributed by atoms with E-state index in [4.69, 9.17) is 4.98 Å². The zero-order chi connectivity index (χ0) is 27.7. The van der Waals surface area contributed by atoms with Crippen molar-refractivity contribution < 1.29 is 4.79 Å². The van der Waals surface area contributed by atoms with Gasteiger partial charge in [-0.3, -0.25) is 9.59 Å². The maximum absolute atomic E-state index is 13.7. The molecule has 39 heavy (non-hydrogen) atoms. The number of hydrogen-bond donors (Lipinski definition) is 3. The van der Waals surface area contributed by atoms with Gasteiger partial charge in [-0.1, -0.05) is 6.92 Å². The highest BCUT2D eigenvalue weighted by atomic mass is 16.1. The Morgan fingerprint density at radius 3 is 2.51 bits per heavy atom. The molecule has 3 N–H and O–H groups in total. The van der Waals surface area contributed by atoms with Crippen LogP contribution in [0.1, 0.15) is 59.1 Å². The number of rotatable bonds is 7. The maximum atomic E-state index is 13.7. The molecule has 0 aliphatic carbocycles. The second-order valence-electron chi connectivity index (χ2n) is 10.7. The van der Waals surface area contributed by atoms with E-state index in [1.807, 2.05) is 32.2 Å². The SMILES string of the molecule is CC[C@@H](C)n1cc(C)c2c(C(=O)NCc3c(C)cc(C)[nH]c3=O)cc(-c3ccc(N4CCNCC4)nc3)cc21. The first-order valence-corrected chi connectivity index (χ1v) is 13.8. The first kappa shape index (κ1) is 26.7. The highest BCUT2D eigenvalue weighted by Crippen LogP contribution is 2.34. The zero-order valence-corrected chi connectivity index (χ0v) is 23.5. The smallest absolute Gasteiger partial charge is 0.253 e. The summed E-state index contributed by atoms with van der Waals surface area (Å²) in [7, 11) is 0. The van der Waals surface area contributed by atoms with Gasteiger partial charge in [0.25, 0.3) is 11.5 Å². The summed E-state index contributed by atoms with van der Waals surface area (Å²) in [5.41, 5.74) is 6.67. The van der Waals surface area contributed by atoms with Crippen LogP contribution in [-0.2, 0) is 6.54 Å². The van der Waals surface area contributed by atoms with Crippen LogP contribution in [0.5, 0.6) is 0 Å². The van der Waals surface area contributed by atoms with Crippen LogP contribution in [0.15, 0.2) is 47.5 Å². The molecule has 4 heterocycles. The average Bonchev–Trinajstić information content (AvgIpc) is 3.28. The van der Waals surface area contributed by atoms with E-state index in [0.717, 1.165) is 77.3 Å². The van der Waals surface area contributed by atoms with Crippen molar-refractivity contribution in [2.45, 2.75) is 53.6 Å². The van der Waals surface area contributed by atoms with Crippen LogP contribution in [0.2, 0.25) is 0 Å². The summed E-state index contributed by atoms with van der Waals surface area (Å²) in [6.45, 7) is 14.1. The predicted octanol–water partition coefficient (Wildman–Crippen LogP) is 4.63. The quantitative estimate of drug-likeness (QED) is 0.327. The summed E-state index contributed by atoms with van der Waals surface area (Å²) in [6.07, 6.45) is 5.02. The van der Waals surface area contributed by atoms with Gasteiger partial charge < -0.3 is 25.1 Å². The van der Waals surface area contributed by atoms with E-state index in [1.165, 1.54) is 0 Å². The van der Waals surface area contributed by atoms with Crippen molar-refractivity contribution >= 4 is 22.6 Å². The molecule has 1 aliphatic rings. The van der Waals surface area contributed by atoms with Crippen molar-refractivity contribution in [3.05, 3.63) is 81.0 Å². The van der Waals surface area contributed by atoms with E-state index in [9.17, 15) is 9.59 Å². The lowest BCUT2D eigenvalue weighted by atomic mass is 9.98. The second kappa shape index (κ2) is 11.1. The van der Waals surface area contributed by atoms with Crippen LogP contribution >= 0.6 is 0 Å². The maximum Gasteiger partial charge on any atom is 0.253 e. The van der Waals surface area contributed by atoms with Crippen molar-refractivity contribution in [2.24, 2.45) is 0 Å². The summed E-state index contributed by atoms with van der Waals surface area (Å²) >= 11 is 0. The zero-order valence-electron chi connectivity index (χ0n) is 23.5. The third kappa shape index (κ3) is 5.34. The van der Waals surface area contributed by atoms with Gasteiger partial charge in [0.05, 0.1) is 0 Å². The molecule has 8 nitrogen and oxygen atoms in total. The largest absolute Gasteiger partial charge is 0.354 e. The van der Waals surface area contributed by atoms with Gasteiger partial charge in [-0.2, -0.15) is 0 Å². The molecule has 5 rings (SSSR count). The number of carbonyl (C=O) groups is 1. The third-order valence-electron chi connectivity index (χ3n) is 7.87. The number of hydrogen-bond acceptors (Lipinski definition) is 5. The molecule has 1 amide bonds. The van der Waals surface area contributed by atoms with E-state index >= 15 is 0 Å². The fraction of sp³-hybridized carbons (Fsp3) is 0.387. The number of nitrogens with one attached hydrogen (secondary N) is 3. The minimum atomic E-state index is -0.198. The van der Waals surface area contributed by atoms with Crippen LogP contribution in [-0.4, -0.2) is 46.6 Å². The number of carbonyl (C=O) groups excluding carboxylic acids is 1. The van der Waals surface area contributed by atoms with Crippen molar-refractivity contribution in [3.63, 3.8) is 0 Å². The van der Waals surface area contributed by atoms with E-state index in [-0.39, 0.29) is 24.1 Å². The highest BCUT2D eigenvalue weighted by molar-refractivity contribution is 6.09. The van der Waals surface area contributed by atoms with E-state index in [1.54, 1.807) is 0 Å². The molecule has 8 heteroatoms. The van der Waals surface area contributed by atoms with E-state index < -0.39 is 0 Å². The van der Waals surface area contributed by atoms with Gasteiger partial charge in [-0.15, -0.1) is 0 Å². The number of piperazine rings is 1. The Morgan fingerprint density at radius 2 is 1.85 bits per heavy atom. The van der Waals surface area contributed by atoms with Gasteiger partial charge in [-0.25, -0.2) is 4.98 Å². The Hall–Kier alpha value is -3.91. The van der Waals surface area contributed by atoms with E-state index in [2.05, 4.69) is 70.3 Å². The number of anilines is 1. The van der Waals surface area contributed by atoms with Crippen molar-refractivity contribution in [3.8, 4) is 11.1 Å². The number of benzene rings is 1. The normalized spacial score (nSPS) is 14.5. The number of fused-ring (bicyclic) bond motifs is 1. The Balaban J connectivity index is 1.54. The Morgan fingerprint density at radius 1 is 1.08 bits per heavy atom. The average molecular weight is 527 g/mol. The van der Waals surface area contributed by atoms with Crippen LogP contribution in [0, 0.1) is 20.8 Å². The lowest BCUT2D eigenvalue weighted by molar-refractivity contribution is 0.0952. The Kier molecular flexibility index (Phi) is 7.57. The van der Waals surface area contributed by atoms with Gasteiger partial charge in [0.2, 0.25) is 0 Å². The molecule has 1 fully saturated rings. The van der Waals surface area contributed by atoms with Gasteiger partial charge in [0.1, 0.15) is 5.82 Å². The lowest BCUT2D eigenvalue weighted by Crippen LogP contribution is -2.43. The van der Waals surface area contributed by atoms with Crippen LogP contribution in [0.4, 0.5) is 5.82 Å². The molecule has 204 valence electrons. The van der Waals surface area contributed by atoms with Crippen LogP contribution in [0.3, 0.4) is 0 Å². The molecule has 1 aromatic carbocycles. The number of aromatic nitrogens is 3. The third-order valence-corrected chi connectivity index (χ3v) is 7.87. The molecule has 1 aliphatic heterocycles. The van der Waals surface area contributed by atoms with Crippen LogP contribution < -0.4 is 21.1 Å². The van der Waals surface area contributed by atoms with Gasteiger partial charge in [0.15, 0.2) is 0 Å². The number of H-pyrrole nitrogens is 1. The number of aryl methyl sites for hydroxylation is 3. The summed E-state index contributed by atoms with van der Waals surface area (Å²) in [4.78, 5) is 36.1. The first-order chi connectivity index (χ1) is 18.8. The van der Waals surface area contributed by atoms with Crippen molar-refractivity contribution in [1.29, 1.82) is 0 Å². The van der Waals surface area contributed by atoms with Crippen molar-refractivity contribution in [2.75, 3.05) is 31.1 Å². The summed E-state index contributed by atoms with van der Waals surface area (Å²) < 4.78 is 2.27. The fourth-order valence-electron chi connectivity index (χ4n) is 5.50. The topological polar surface area (TPSA) is 95.0 Å². The number of amides is 1. The number of pyridine rings is 2. The van der Waals surface area contributed by atoms with Gasteiger partial charge in [-0.05, 0) is 81.1 Å². The lowest BCUT2D eigenvalue weighted by Gasteiger charge is -2.28. The summed E-state index contributed by atoms with van der Waals surface area (Å²) in [5, 5.41) is 7.34. The molecule has 0 saturated carbocycles. The fourth-order valence-corrected chi connectivity index (χ4v) is 5.50. The molecule has 0 spiro atoms. The van der Waals surface area contributed by atoms with Crippen LogP contribution in [0.25, 0.3) is 22.0 Å². The van der Waals surface area contributed by atoms with E-state index in [0.29, 0.717) is 11.1 Å². The minimum Gasteiger partial charge on any atom is -0.354 e. The molecule has 1 saturated heterocycles. The minimum absolute atomic E-state index is 0.165. The molecule has 1 atom stereocenters. The molecular formula is C31H38N6O2. The van der Waals surface area contributed by atoms with Gasteiger partial charge in [0, 0.05) is 84.4 Å². The molecule has 4 aromatic rings. The predicted molar refractivity (Wildman–Crippen MR) is 158 cm³/mol.